The first-order valence-corrected chi connectivity index (χ1v) is 19.6. The number of aliphatic hydroxyl groups excluding tert-OH is 2. The van der Waals surface area contributed by atoms with E-state index in [0.717, 1.165) is 98.2 Å². The molecule has 0 amide bonds. The van der Waals surface area contributed by atoms with Crippen LogP contribution in [0, 0.1) is 25.7 Å². The van der Waals surface area contributed by atoms with Crippen LogP contribution in [0.15, 0.2) is 49.1 Å². The molecule has 54 heavy (non-hydrogen) atoms. The second-order valence-electron chi connectivity index (χ2n) is 15.5. The molecule has 0 aromatic carbocycles. The third-order valence-corrected chi connectivity index (χ3v) is 11.4. The summed E-state index contributed by atoms with van der Waals surface area (Å²) in [6.45, 7) is 5.04. The molecule has 2 N–H and O–H groups in total. The number of ether oxygens (including phenoxy) is 4. The molecular formula is C42H54N6O6. The number of nitrogens with zero attached hydrogens (tertiary/aromatic N) is 6. The Morgan fingerprint density at radius 2 is 1.02 bits per heavy atom. The molecular weight excluding hydrogens is 684 g/mol. The fourth-order valence-corrected chi connectivity index (χ4v) is 8.02. The van der Waals surface area contributed by atoms with Crippen LogP contribution in [0.5, 0.6) is 23.3 Å². The molecule has 4 aliphatic rings. The van der Waals surface area contributed by atoms with Crippen molar-refractivity contribution in [2.75, 3.05) is 27.4 Å². The Labute approximate surface area is 318 Å². The summed E-state index contributed by atoms with van der Waals surface area (Å²) in [6, 6.07) is 7.98. The van der Waals surface area contributed by atoms with Crippen LogP contribution in [0.25, 0.3) is 0 Å². The zero-order valence-electron chi connectivity index (χ0n) is 31.9. The maximum Gasteiger partial charge on any atom is 0.220 e. The van der Waals surface area contributed by atoms with Crippen molar-refractivity contribution in [3.63, 3.8) is 0 Å². The van der Waals surface area contributed by atoms with Crippen molar-refractivity contribution >= 4 is 0 Å². The van der Waals surface area contributed by atoms with Gasteiger partial charge in [-0.3, -0.25) is 9.97 Å². The number of hydrogen-bond acceptors (Lipinski definition) is 12. The van der Waals surface area contributed by atoms with Gasteiger partial charge in [-0.15, -0.1) is 0 Å². The van der Waals surface area contributed by atoms with Crippen molar-refractivity contribution in [1.82, 2.24) is 29.9 Å². The summed E-state index contributed by atoms with van der Waals surface area (Å²) < 4.78 is 22.6. The average Bonchev–Trinajstić information content (AvgIpc) is 4.13. The topological polar surface area (TPSA) is 155 Å². The van der Waals surface area contributed by atoms with Gasteiger partial charge >= 0.3 is 0 Å². The summed E-state index contributed by atoms with van der Waals surface area (Å²) in [7, 11) is 3.30. The smallest absolute Gasteiger partial charge is 0.220 e. The van der Waals surface area contributed by atoms with E-state index < -0.39 is 0 Å². The molecule has 4 aromatic heterocycles. The number of hydrogen-bond donors (Lipinski definition) is 2. The highest BCUT2D eigenvalue weighted by molar-refractivity contribution is 5.31. The van der Waals surface area contributed by atoms with Crippen LogP contribution in [0.1, 0.15) is 122 Å². The van der Waals surface area contributed by atoms with Crippen molar-refractivity contribution in [2.24, 2.45) is 11.8 Å². The quantitative estimate of drug-likeness (QED) is 0.157. The fraction of sp³-hybridized carbons (Fsp3) is 0.571. The van der Waals surface area contributed by atoms with E-state index in [0.29, 0.717) is 60.3 Å². The number of aromatic nitrogens is 6. The minimum absolute atomic E-state index is 0.230. The predicted octanol–water partition coefficient (Wildman–Crippen LogP) is 6.78. The Balaban J connectivity index is 0.000000167. The summed E-state index contributed by atoms with van der Waals surface area (Å²) in [4.78, 5) is 26.8. The van der Waals surface area contributed by atoms with Gasteiger partial charge in [-0.1, -0.05) is 12.8 Å². The molecule has 0 saturated heterocycles. The highest BCUT2D eigenvalue weighted by Gasteiger charge is 2.41. The first kappa shape index (κ1) is 37.9. The Bertz CT molecular complexity index is 1690. The zero-order valence-corrected chi connectivity index (χ0v) is 31.9. The van der Waals surface area contributed by atoms with Gasteiger partial charge in [0.25, 0.3) is 0 Å². The van der Waals surface area contributed by atoms with Gasteiger partial charge in [0.2, 0.25) is 11.8 Å². The number of methoxy groups -OCH3 is 2. The number of pyridine rings is 2. The van der Waals surface area contributed by atoms with Gasteiger partial charge < -0.3 is 29.2 Å². The van der Waals surface area contributed by atoms with Gasteiger partial charge in [-0.05, 0) is 101 Å². The summed E-state index contributed by atoms with van der Waals surface area (Å²) in [5.41, 5.74) is 4.27. The predicted molar refractivity (Wildman–Crippen MR) is 202 cm³/mol. The van der Waals surface area contributed by atoms with Crippen molar-refractivity contribution in [2.45, 2.75) is 114 Å². The minimum atomic E-state index is -0.230. The van der Waals surface area contributed by atoms with Gasteiger partial charge in [0.1, 0.15) is 23.1 Å². The van der Waals surface area contributed by atoms with Gasteiger partial charge in [0.05, 0.1) is 52.0 Å². The zero-order chi connectivity index (χ0) is 37.6. The monoisotopic (exact) mass is 738 g/mol. The molecule has 0 bridgehead atoms. The van der Waals surface area contributed by atoms with Crippen LogP contribution >= 0.6 is 0 Å². The van der Waals surface area contributed by atoms with Crippen LogP contribution in [-0.4, -0.2) is 79.8 Å². The molecule has 4 fully saturated rings. The normalized spacial score (nSPS) is 27.2. The van der Waals surface area contributed by atoms with Crippen molar-refractivity contribution < 1.29 is 29.2 Å². The van der Waals surface area contributed by atoms with E-state index in [9.17, 15) is 10.2 Å². The molecule has 4 heterocycles. The second-order valence-corrected chi connectivity index (χ2v) is 15.5. The molecule has 0 aliphatic heterocycles. The van der Waals surface area contributed by atoms with Crippen molar-refractivity contribution in [3.8, 4) is 23.3 Å². The Hall–Kier alpha value is -4.42. The molecule has 0 radical (unpaired) electrons. The molecule has 0 unspecified atom stereocenters. The molecule has 4 aliphatic carbocycles. The van der Waals surface area contributed by atoms with Gasteiger partial charge in [0.15, 0.2) is 0 Å². The molecule has 0 spiro atoms. The minimum Gasteiger partial charge on any atom is -0.495 e. The van der Waals surface area contributed by atoms with Gasteiger partial charge in [-0.2, -0.15) is 9.97 Å². The van der Waals surface area contributed by atoms with E-state index in [4.69, 9.17) is 18.9 Å². The van der Waals surface area contributed by atoms with Crippen LogP contribution in [-0.2, 0) is 0 Å². The van der Waals surface area contributed by atoms with Crippen molar-refractivity contribution in [1.29, 1.82) is 0 Å². The summed E-state index contributed by atoms with van der Waals surface area (Å²) in [5, 5.41) is 20.0. The first-order valence-electron chi connectivity index (χ1n) is 19.6. The van der Waals surface area contributed by atoms with E-state index >= 15 is 0 Å². The van der Waals surface area contributed by atoms with Gasteiger partial charge in [0, 0.05) is 58.6 Å². The summed E-state index contributed by atoms with van der Waals surface area (Å²) in [6.07, 6.45) is 16.5. The first-order chi connectivity index (χ1) is 26.3. The number of rotatable bonds is 12. The molecule has 8 rings (SSSR count). The summed E-state index contributed by atoms with van der Waals surface area (Å²) in [5.74, 6) is 6.75. The molecule has 288 valence electrons. The van der Waals surface area contributed by atoms with Crippen LogP contribution in [0.4, 0.5) is 0 Å². The summed E-state index contributed by atoms with van der Waals surface area (Å²) >= 11 is 0. The van der Waals surface area contributed by atoms with Gasteiger partial charge in [-0.25, -0.2) is 9.97 Å². The van der Waals surface area contributed by atoms with Crippen LogP contribution in [0.2, 0.25) is 0 Å². The fourth-order valence-electron chi connectivity index (χ4n) is 8.02. The third kappa shape index (κ3) is 9.62. The van der Waals surface area contributed by atoms with Crippen molar-refractivity contribution in [3.05, 3.63) is 83.2 Å². The molecule has 12 nitrogen and oxygen atoms in total. The maximum atomic E-state index is 10.0. The Kier molecular flexibility index (Phi) is 12.2. The lowest BCUT2D eigenvalue weighted by atomic mass is 9.83. The Morgan fingerprint density at radius 1 is 0.574 bits per heavy atom. The highest BCUT2D eigenvalue weighted by atomic mass is 16.5. The SMILES string of the molecule is COc1ccc([C@H]2C[C@@H]2COc2nc(C)ncc2[C@@H]2CCC[C@H](O)C2)nc1.COc1ccc([C@H]2C[C@@H]2COc2nc(C)ncc2[C@H]2CCC[C@@H](O)C2)nc1. The van der Waals surface area contributed by atoms with E-state index in [2.05, 4.69) is 29.9 Å². The lowest BCUT2D eigenvalue weighted by Gasteiger charge is -2.26. The lowest BCUT2D eigenvalue weighted by Crippen LogP contribution is -2.19. The lowest BCUT2D eigenvalue weighted by molar-refractivity contribution is 0.118. The molecule has 4 saturated carbocycles. The highest BCUT2D eigenvalue weighted by Crippen LogP contribution is 2.48. The standard InChI is InChI=1S/2C21H27N3O3/c2*1-13-22-11-19(14-4-3-5-16(25)8-14)21(24-13)27-12-15-9-18(15)20-7-6-17(26-2)10-23-20/h2*6-7,10-11,14-16,18,25H,3-5,8-9,12H2,1-2H3/t14-,15+,16+,18-;14-,15-,16+,18+/m01/s1. The number of aryl methyl sites for hydroxylation is 2. The molecule has 8 atom stereocenters. The van der Waals surface area contributed by atoms with Crippen LogP contribution < -0.4 is 18.9 Å². The number of aliphatic hydroxyl groups is 2. The van der Waals surface area contributed by atoms with E-state index in [1.54, 1.807) is 26.6 Å². The van der Waals surface area contributed by atoms with Crippen LogP contribution in [0.3, 0.4) is 0 Å². The van der Waals surface area contributed by atoms with E-state index in [-0.39, 0.29) is 24.0 Å². The average molecular weight is 739 g/mol. The Morgan fingerprint density at radius 3 is 1.39 bits per heavy atom. The third-order valence-electron chi connectivity index (χ3n) is 11.4. The van der Waals surface area contributed by atoms with E-state index in [1.165, 1.54) is 0 Å². The molecule has 4 aromatic rings. The van der Waals surface area contributed by atoms with E-state index in [1.807, 2.05) is 50.5 Å². The largest absolute Gasteiger partial charge is 0.495 e. The maximum absolute atomic E-state index is 10.0. The second kappa shape index (κ2) is 17.4. The molecule has 12 heteroatoms.